The van der Waals surface area contributed by atoms with Crippen molar-refractivity contribution in [2.24, 2.45) is 0 Å². The smallest absolute Gasteiger partial charge is 0.0257 e. The molecule has 0 N–H and O–H groups in total. The number of benzene rings is 1. The lowest BCUT2D eigenvalue weighted by Crippen LogP contribution is -2.26. The molecule has 0 radical (unpaired) electrons. The summed E-state index contributed by atoms with van der Waals surface area (Å²) in [5, 5.41) is 0. The van der Waals surface area contributed by atoms with Gasteiger partial charge in [0, 0.05) is 19.1 Å². The van der Waals surface area contributed by atoms with Crippen molar-refractivity contribution in [3.05, 3.63) is 48.0 Å². The average Bonchev–Trinajstić information content (AvgIpc) is 2.54. The number of rotatable bonds is 2. The Morgan fingerprint density at radius 2 is 2.08 bits per heavy atom. The second-order valence-electron chi connectivity index (χ2n) is 3.58. The predicted molar refractivity (Wildman–Crippen MR) is 55.5 cm³/mol. The van der Waals surface area contributed by atoms with E-state index < -0.39 is 0 Å². The van der Waals surface area contributed by atoms with E-state index in [-0.39, 0.29) is 0 Å². The van der Waals surface area contributed by atoms with Crippen LogP contribution >= 0.6 is 0 Å². The number of hydrogen-bond donors (Lipinski definition) is 0. The van der Waals surface area contributed by atoms with Crippen LogP contribution in [0.5, 0.6) is 0 Å². The largest absolute Gasteiger partial charge is 0.289 e. The minimum absolute atomic E-state index is 0.597. The van der Waals surface area contributed by atoms with Gasteiger partial charge in [-0.15, -0.1) is 0 Å². The van der Waals surface area contributed by atoms with Crippen molar-refractivity contribution >= 4 is 0 Å². The maximum atomic E-state index is 2.45. The van der Waals surface area contributed by atoms with Crippen molar-refractivity contribution in [3.8, 4) is 0 Å². The second kappa shape index (κ2) is 3.75. The molecule has 1 heteroatoms. The molecule has 1 aliphatic rings. The van der Waals surface area contributed by atoms with E-state index in [1.807, 2.05) is 0 Å². The van der Waals surface area contributed by atoms with Crippen molar-refractivity contribution < 1.29 is 0 Å². The number of nitrogens with zero attached hydrogens (tertiary/aromatic N) is 1. The lowest BCUT2D eigenvalue weighted by Gasteiger charge is -2.20. The fourth-order valence-corrected chi connectivity index (χ4v) is 1.71. The molecule has 68 valence electrons. The van der Waals surface area contributed by atoms with Gasteiger partial charge in [-0.2, -0.15) is 0 Å². The van der Waals surface area contributed by atoms with Crippen LogP contribution in [0, 0.1) is 0 Å². The Bertz CT molecular complexity index is 289. The molecule has 0 saturated heterocycles. The predicted octanol–water partition coefficient (Wildman–Crippen LogP) is 2.45. The van der Waals surface area contributed by atoms with Crippen LogP contribution in [-0.4, -0.2) is 17.5 Å². The average molecular weight is 173 g/mol. The van der Waals surface area contributed by atoms with Gasteiger partial charge in [-0.3, -0.25) is 4.90 Å². The minimum atomic E-state index is 0.597. The summed E-state index contributed by atoms with van der Waals surface area (Å²) in [5.74, 6) is 0. The maximum absolute atomic E-state index is 2.45. The van der Waals surface area contributed by atoms with Gasteiger partial charge >= 0.3 is 0 Å². The van der Waals surface area contributed by atoms with Crippen molar-refractivity contribution in [1.82, 2.24) is 4.90 Å². The Hall–Kier alpha value is -1.08. The van der Waals surface area contributed by atoms with Crippen LogP contribution in [0.25, 0.3) is 0 Å². The highest BCUT2D eigenvalue weighted by atomic mass is 15.2. The molecule has 0 fully saturated rings. The molecule has 1 unspecified atom stereocenters. The molecule has 0 aliphatic carbocycles. The van der Waals surface area contributed by atoms with Crippen LogP contribution in [0.15, 0.2) is 42.5 Å². The fourth-order valence-electron chi connectivity index (χ4n) is 1.71. The molecule has 13 heavy (non-hydrogen) atoms. The first kappa shape index (κ1) is 8.52. The van der Waals surface area contributed by atoms with Crippen LogP contribution in [-0.2, 0) is 6.54 Å². The Balaban J connectivity index is 1.99. The first-order valence-corrected chi connectivity index (χ1v) is 4.81. The van der Waals surface area contributed by atoms with Crippen molar-refractivity contribution in [3.63, 3.8) is 0 Å². The van der Waals surface area contributed by atoms with E-state index in [2.05, 4.69) is 54.3 Å². The minimum Gasteiger partial charge on any atom is -0.289 e. The third-order valence-corrected chi connectivity index (χ3v) is 2.56. The topological polar surface area (TPSA) is 3.24 Å². The van der Waals surface area contributed by atoms with Crippen molar-refractivity contribution in [2.45, 2.75) is 19.5 Å². The van der Waals surface area contributed by atoms with E-state index in [9.17, 15) is 0 Å². The summed E-state index contributed by atoms with van der Waals surface area (Å²) in [7, 11) is 0. The molecule has 1 aromatic carbocycles. The van der Waals surface area contributed by atoms with Gasteiger partial charge in [0.25, 0.3) is 0 Å². The van der Waals surface area contributed by atoms with Gasteiger partial charge in [-0.05, 0) is 12.5 Å². The molecule has 1 atom stereocenters. The SMILES string of the molecule is CC1C=CCN1Cc1ccccc1. The van der Waals surface area contributed by atoms with E-state index in [1.165, 1.54) is 5.56 Å². The fraction of sp³-hybridized carbons (Fsp3) is 0.333. The Morgan fingerprint density at radius 1 is 1.31 bits per heavy atom. The molecule has 1 heterocycles. The van der Waals surface area contributed by atoms with Crippen LogP contribution in [0.2, 0.25) is 0 Å². The van der Waals surface area contributed by atoms with Gasteiger partial charge in [0.05, 0.1) is 0 Å². The normalized spacial score (nSPS) is 22.4. The van der Waals surface area contributed by atoms with Gasteiger partial charge in [-0.25, -0.2) is 0 Å². The number of hydrogen-bond acceptors (Lipinski definition) is 1. The summed E-state index contributed by atoms with van der Waals surface area (Å²) in [6.45, 7) is 4.40. The van der Waals surface area contributed by atoms with Crippen LogP contribution in [0.4, 0.5) is 0 Å². The monoisotopic (exact) mass is 173 g/mol. The molecular formula is C12H15N. The zero-order chi connectivity index (χ0) is 9.10. The van der Waals surface area contributed by atoms with Crippen molar-refractivity contribution in [2.75, 3.05) is 6.54 Å². The maximum Gasteiger partial charge on any atom is 0.0257 e. The summed E-state index contributed by atoms with van der Waals surface area (Å²) in [5.41, 5.74) is 1.40. The summed E-state index contributed by atoms with van der Waals surface area (Å²) in [6, 6.07) is 11.2. The third-order valence-electron chi connectivity index (χ3n) is 2.56. The molecule has 1 aromatic rings. The van der Waals surface area contributed by atoms with E-state index in [1.54, 1.807) is 0 Å². The molecule has 0 aromatic heterocycles. The molecule has 0 bridgehead atoms. The molecule has 1 nitrogen and oxygen atoms in total. The highest BCUT2D eigenvalue weighted by Gasteiger charge is 2.14. The van der Waals surface area contributed by atoms with E-state index in [4.69, 9.17) is 0 Å². The lowest BCUT2D eigenvalue weighted by atomic mass is 10.2. The Labute approximate surface area is 79.7 Å². The molecule has 2 rings (SSSR count). The Kier molecular flexibility index (Phi) is 2.46. The van der Waals surface area contributed by atoms with Crippen molar-refractivity contribution in [1.29, 1.82) is 0 Å². The zero-order valence-corrected chi connectivity index (χ0v) is 7.98. The van der Waals surface area contributed by atoms with Crippen LogP contribution in [0.1, 0.15) is 12.5 Å². The van der Waals surface area contributed by atoms with Crippen LogP contribution < -0.4 is 0 Å². The summed E-state index contributed by atoms with van der Waals surface area (Å²) in [6.07, 6.45) is 4.51. The standard InChI is InChI=1S/C12H15N/c1-11-6-5-9-13(11)10-12-7-3-2-4-8-12/h2-8,11H,9-10H2,1H3. The summed E-state index contributed by atoms with van der Waals surface area (Å²) >= 11 is 0. The highest BCUT2D eigenvalue weighted by molar-refractivity contribution is 5.16. The van der Waals surface area contributed by atoms with Crippen LogP contribution in [0.3, 0.4) is 0 Å². The summed E-state index contributed by atoms with van der Waals surface area (Å²) in [4.78, 5) is 2.45. The third kappa shape index (κ3) is 1.99. The van der Waals surface area contributed by atoms with Gasteiger partial charge in [0.1, 0.15) is 0 Å². The van der Waals surface area contributed by atoms with E-state index in [0.29, 0.717) is 6.04 Å². The second-order valence-corrected chi connectivity index (χ2v) is 3.58. The van der Waals surface area contributed by atoms with Gasteiger partial charge in [-0.1, -0.05) is 42.5 Å². The molecule has 1 aliphatic heterocycles. The molecule has 0 spiro atoms. The van der Waals surface area contributed by atoms with Gasteiger partial charge < -0.3 is 0 Å². The van der Waals surface area contributed by atoms with E-state index in [0.717, 1.165) is 13.1 Å². The van der Waals surface area contributed by atoms with Gasteiger partial charge in [0.15, 0.2) is 0 Å². The molecular weight excluding hydrogens is 158 g/mol. The molecule has 0 amide bonds. The van der Waals surface area contributed by atoms with Gasteiger partial charge in [0.2, 0.25) is 0 Å². The first-order valence-electron chi connectivity index (χ1n) is 4.81. The summed E-state index contributed by atoms with van der Waals surface area (Å²) < 4.78 is 0. The quantitative estimate of drug-likeness (QED) is 0.621. The van der Waals surface area contributed by atoms with E-state index >= 15 is 0 Å². The molecule has 0 saturated carbocycles. The first-order chi connectivity index (χ1) is 6.36. The highest BCUT2D eigenvalue weighted by Crippen LogP contribution is 2.13. The zero-order valence-electron chi connectivity index (χ0n) is 7.98. The lowest BCUT2D eigenvalue weighted by molar-refractivity contribution is 0.277. The Morgan fingerprint density at radius 3 is 2.69 bits per heavy atom.